The first-order valence-corrected chi connectivity index (χ1v) is 6.99. The number of hydrogen-bond donors (Lipinski definition) is 2. The molecule has 6 nitrogen and oxygen atoms in total. The van der Waals surface area contributed by atoms with Gasteiger partial charge in [0.2, 0.25) is 0 Å². The predicted molar refractivity (Wildman–Crippen MR) is 83.5 cm³/mol. The molecular formula is C16H22N2O4. The lowest BCUT2D eigenvalue weighted by atomic mass is 9.92. The van der Waals surface area contributed by atoms with E-state index in [1.54, 1.807) is 24.3 Å². The molecule has 0 aliphatic rings. The molecule has 0 radical (unpaired) electrons. The van der Waals surface area contributed by atoms with Crippen LogP contribution in [0.4, 0.5) is 5.69 Å². The molecule has 0 aliphatic carbocycles. The van der Waals surface area contributed by atoms with Crippen molar-refractivity contribution in [1.29, 1.82) is 0 Å². The molecule has 0 unspecified atom stereocenters. The summed E-state index contributed by atoms with van der Waals surface area (Å²) in [5.74, 6) is -1.11. The minimum atomic E-state index is -0.448. The molecule has 0 saturated carbocycles. The maximum atomic E-state index is 11.7. The Morgan fingerprint density at radius 3 is 2.45 bits per heavy atom. The first-order chi connectivity index (χ1) is 10.2. The Balaban J connectivity index is 2.52. The summed E-state index contributed by atoms with van der Waals surface area (Å²) in [6, 6.07) is 6.50. The van der Waals surface area contributed by atoms with Crippen LogP contribution in [0.3, 0.4) is 0 Å². The molecule has 22 heavy (non-hydrogen) atoms. The minimum absolute atomic E-state index is 0.185. The lowest BCUT2D eigenvalue weighted by Gasteiger charge is -2.16. The molecule has 1 aromatic rings. The van der Waals surface area contributed by atoms with E-state index in [-0.39, 0.29) is 24.3 Å². The number of ether oxygens (including phenoxy) is 1. The third-order valence-electron chi connectivity index (χ3n) is 2.67. The molecule has 0 aliphatic heterocycles. The van der Waals surface area contributed by atoms with Crippen LogP contribution in [-0.4, -0.2) is 31.4 Å². The van der Waals surface area contributed by atoms with Crippen molar-refractivity contribution in [2.45, 2.75) is 27.2 Å². The SMILES string of the molecule is CNC(=O)c1cccc(NC(=O)COC(=O)CC(C)(C)C)c1. The standard InChI is InChI=1S/C16H22N2O4/c1-16(2,3)9-14(20)22-10-13(19)18-12-7-5-6-11(8-12)15(21)17-4/h5-8H,9-10H2,1-4H3,(H,17,21)(H,18,19). The molecule has 0 fully saturated rings. The number of carbonyl (C=O) groups is 3. The third-order valence-corrected chi connectivity index (χ3v) is 2.67. The fraction of sp³-hybridized carbons (Fsp3) is 0.438. The van der Waals surface area contributed by atoms with E-state index in [9.17, 15) is 14.4 Å². The topological polar surface area (TPSA) is 84.5 Å². The van der Waals surface area contributed by atoms with E-state index in [4.69, 9.17) is 4.74 Å². The average molecular weight is 306 g/mol. The molecule has 0 atom stereocenters. The zero-order chi connectivity index (χ0) is 16.8. The Morgan fingerprint density at radius 1 is 1.18 bits per heavy atom. The van der Waals surface area contributed by atoms with Crippen LogP contribution >= 0.6 is 0 Å². The van der Waals surface area contributed by atoms with E-state index < -0.39 is 11.9 Å². The lowest BCUT2D eigenvalue weighted by molar-refractivity contribution is -0.149. The first-order valence-electron chi connectivity index (χ1n) is 6.99. The zero-order valence-electron chi connectivity index (χ0n) is 13.4. The number of hydrogen-bond acceptors (Lipinski definition) is 4. The number of anilines is 1. The molecule has 0 spiro atoms. The fourth-order valence-electron chi connectivity index (χ4n) is 1.71. The van der Waals surface area contributed by atoms with Crippen molar-refractivity contribution >= 4 is 23.5 Å². The summed E-state index contributed by atoms with van der Waals surface area (Å²) in [7, 11) is 1.53. The number of rotatable bonds is 5. The fourth-order valence-corrected chi connectivity index (χ4v) is 1.71. The van der Waals surface area contributed by atoms with Crippen LogP contribution in [0.1, 0.15) is 37.6 Å². The van der Waals surface area contributed by atoms with Gasteiger partial charge in [0, 0.05) is 18.3 Å². The Bertz CT molecular complexity index is 562. The van der Waals surface area contributed by atoms with Gasteiger partial charge in [-0.25, -0.2) is 0 Å². The van der Waals surface area contributed by atoms with Crippen LogP contribution in [0, 0.1) is 5.41 Å². The highest BCUT2D eigenvalue weighted by Gasteiger charge is 2.18. The predicted octanol–water partition coefficient (Wildman–Crippen LogP) is 1.96. The van der Waals surface area contributed by atoms with Gasteiger partial charge < -0.3 is 15.4 Å². The van der Waals surface area contributed by atoms with Crippen molar-refractivity contribution in [1.82, 2.24) is 5.32 Å². The van der Waals surface area contributed by atoms with Gasteiger partial charge in [0.25, 0.3) is 11.8 Å². The highest BCUT2D eigenvalue weighted by Crippen LogP contribution is 2.18. The van der Waals surface area contributed by atoms with Gasteiger partial charge in [-0.3, -0.25) is 14.4 Å². The van der Waals surface area contributed by atoms with E-state index in [0.717, 1.165) is 0 Å². The number of benzene rings is 1. The van der Waals surface area contributed by atoms with E-state index in [1.807, 2.05) is 20.8 Å². The molecule has 2 amide bonds. The molecule has 0 bridgehead atoms. The Labute approximate surface area is 130 Å². The van der Waals surface area contributed by atoms with Gasteiger partial charge in [-0.2, -0.15) is 0 Å². The van der Waals surface area contributed by atoms with Crippen molar-refractivity contribution < 1.29 is 19.1 Å². The smallest absolute Gasteiger partial charge is 0.306 e. The van der Waals surface area contributed by atoms with Crippen LogP contribution < -0.4 is 10.6 Å². The minimum Gasteiger partial charge on any atom is -0.456 e. The van der Waals surface area contributed by atoms with Gasteiger partial charge in [-0.15, -0.1) is 0 Å². The number of amides is 2. The van der Waals surface area contributed by atoms with E-state index >= 15 is 0 Å². The van der Waals surface area contributed by atoms with Crippen LogP contribution in [0.25, 0.3) is 0 Å². The summed E-state index contributed by atoms with van der Waals surface area (Å²) in [6.07, 6.45) is 0.242. The van der Waals surface area contributed by atoms with Gasteiger partial charge in [0.1, 0.15) is 0 Å². The molecule has 2 N–H and O–H groups in total. The second-order valence-corrected chi connectivity index (χ2v) is 6.11. The largest absolute Gasteiger partial charge is 0.456 e. The van der Waals surface area contributed by atoms with E-state index in [0.29, 0.717) is 11.3 Å². The quantitative estimate of drug-likeness (QED) is 0.815. The summed E-state index contributed by atoms with van der Waals surface area (Å²) in [5, 5.41) is 5.09. The summed E-state index contributed by atoms with van der Waals surface area (Å²) < 4.78 is 4.92. The number of nitrogens with one attached hydrogen (secondary N) is 2. The second kappa shape index (κ2) is 7.59. The monoisotopic (exact) mass is 306 g/mol. The van der Waals surface area contributed by atoms with Gasteiger partial charge in [0.15, 0.2) is 6.61 Å². The van der Waals surface area contributed by atoms with Crippen molar-refractivity contribution in [3.8, 4) is 0 Å². The molecule has 0 aromatic heterocycles. The maximum absolute atomic E-state index is 11.7. The van der Waals surface area contributed by atoms with Crippen LogP contribution in [0.15, 0.2) is 24.3 Å². The van der Waals surface area contributed by atoms with Crippen LogP contribution in [0.5, 0.6) is 0 Å². The van der Waals surface area contributed by atoms with Crippen LogP contribution in [0.2, 0.25) is 0 Å². The van der Waals surface area contributed by atoms with Crippen LogP contribution in [-0.2, 0) is 14.3 Å². The molecule has 1 rings (SSSR count). The molecule has 0 saturated heterocycles. The lowest BCUT2D eigenvalue weighted by Crippen LogP contribution is -2.23. The van der Waals surface area contributed by atoms with E-state index in [1.165, 1.54) is 7.05 Å². The molecule has 1 aromatic carbocycles. The Hall–Kier alpha value is -2.37. The Kier molecular flexibility index (Phi) is 6.10. The second-order valence-electron chi connectivity index (χ2n) is 6.11. The summed E-state index contributed by atoms with van der Waals surface area (Å²) in [5.41, 5.74) is 0.720. The molecule has 0 heterocycles. The molecular weight excluding hydrogens is 284 g/mol. The average Bonchev–Trinajstić information content (AvgIpc) is 2.43. The first kappa shape index (κ1) is 17.7. The van der Waals surface area contributed by atoms with Gasteiger partial charge in [-0.1, -0.05) is 26.8 Å². The Morgan fingerprint density at radius 2 is 1.86 bits per heavy atom. The molecule has 6 heteroatoms. The third kappa shape index (κ3) is 6.39. The number of esters is 1. The zero-order valence-corrected chi connectivity index (χ0v) is 13.4. The highest BCUT2D eigenvalue weighted by atomic mass is 16.5. The van der Waals surface area contributed by atoms with Crippen molar-refractivity contribution in [3.63, 3.8) is 0 Å². The van der Waals surface area contributed by atoms with Crippen molar-refractivity contribution in [2.24, 2.45) is 5.41 Å². The van der Waals surface area contributed by atoms with Gasteiger partial charge >= 0.3 is 5.97 Å². The summed E-state index contributed by atoms with van der Waals surface area (Å²) in [4.78, 5) is 34.8. The summed E-state index contributed by atoms with van der Waals surface area (Å²) in [6.45, 7) is 5.40. The highest BCUT2D eigenvalue weighted by molar-refractivity contribution is 5.97. The maximum Gasteiger partial charge on any atom is 0.306 e. The van der Waals surface area contributed by atoms with Gasteiger partial charge in [0.05, 0.1) is 6.42 Å². The van der Waals surface area contributed by atoms with Crippen molar-refractivity contribution in [3.05, 3.63) is 29.8 Å². The normalized spacial score (nSPS) is 10.7. The summed E-state index contributed by atoms with van der Waals surface area (Å²) >= 11 is 0. The van der Waals surface area contributed by atoms with Crippen molar-refractivity contribution in [2.75, 3.05) is 19.0 Å². The molecule has 120 valence electrons. The van der Waals surface area contributed by atoms with Gasteiger partial charge in [-0.05, 0) is 23.6 Å². The number of carbonyl (C=O) groups excluding carboxylic acids is 3. The van der Waals surface area contributed by atoms with E-state index in [2.05, 4.69) is 10.6 Å².